The van der Waals surface area contributed by atoms with Crippen LogP contribution in [0.1, 0.15) is 13.8 Å². The van der Waals surface area contributed by atoms with E-state index in [1.807, 2.05) is 0 Å². The second-order valence-corrected chi connectivity index (χ2v) is 7.84. The zero-order valence-corrected chi connectivity index (χ0v) is 17.7. The van der Waals surface area contributed by atoms with Crippen molar-refractivity contribution in [1.29, 1.82) is 0 Å². The van der Waals surface area contributed by atoms with Crippen LogP contribution in [-0.4, -0.2) is 38.2 Å². The first-order valence-corrected chi connectivity index (χ1v) is 10.1. The van der Waals surface area contributed by atoms with E-state index in [4.69, 9.17) is 0 Å². The van der Waals surface area contributed by atoms with E-state index in [-0.39, 0.29) is 17.6 Å². The number of nitrogens with one attached hydrogen (secondary N) is 2. The first-order chi connectivity index (χ1) is 15.1. The maximum atomic E-state index is 12.5. The largest absolute Gasteiger partial charge is 0.573 e. The molecule has 0 aliphatic rings. The van der Waals surface area contributed by atoms with Crippen molar-refractivity contribution in [3.8, 4) is 11.4 Å². The number of hydrogen-bond acceptors (Lipinski definition) is 6. The fourth-order valence-electron chi connectivity index (χ4n) is 2.61. The first kappa shape index (κ1) is 23.1. The number of benzene rings is 2. The monoisotopic (exact) mass is 465 g/mol. The van der Waals surface area contributed by atoms with Crippen molar-refractivity contribution < 1.29 is 27.5 Å². The molecule has 0 spiro atoms. The number of nitrogens with zero attached hydrogens (tertiary/aromatic N) is 3. The lowest BCUT2D eigenvalue weighted by Gasteiger charge is -2.14. The topological polar surface area (TPSA) is 98.1 Å². The quantitative estimate of drug-likeness (QED) is 0.507. The Morgan fingerprint density at radius 1 is 1.09 bits per heavy atom. The highest BCUT2D eigenvalue weighted by Gasteiger charge is 2.31. The summed E-state index contributed by atoms with van der Waals surface area (Å²) in [5.74, 6) is -0.961. The molecule has 12 heteroatoms. The third kappa shape index (κ3) is 6.48. The van der Waals surface area contributed by atoms with Crippen LogP contribution in [0.15, 0.2) is 60.0 Å². The molecule has 32 heavy (non-hydrogen) atoms. The van der Waals surface area contributed by atoms with Crippen LogP contribution in [0.3, 0.4) is 0 Å². The van der Waals surface area contributed by atoms with Gasteiger partial charge in [-0.2, -0.15) is 0 Å². The highest BCUT2D eigenvalue weighted by atomic mass is 32.2. The molecular weight excluding hydrogens is 447 g/mol. The number of rotatable bonds is 7. The molecule has 168 valence electrons. The fourth-order valence-corrected chi connectivity index (χ4v) is 3.46. The molecule has 0 aliphatic heterocycles. The zero-order valence-electron chi connectivity index (χ0n) is 16.9. The van der Waals surface area contributed by atoms with E-state index >= 15 is 0 Å². The van der Waals surface area contributed by atoms with E-state index in [9.17, 15) is 22.8 Å². The molecule has 0 saturated heterocycles. The number of ether oxygens (including phenoxy) is 1. The number of alkyl halides is 3. The average Bonchev–Trinajstić information content (AvgIpc) is 3.16. The van der Waals surface area contributed by atoms with Crippen LogP contribution in [0, 0.1) is 0 Å². The Morgan fingerprint density at radius 3 is 2.47 bits per heavy atom. The van der Waals surface area contributed by atoms with E-state index in [1.165, 1.54) is 25.4 Å². The number of carbonyl (C=O) groups is 2. The molecule has 2 N–H and O–H groups in total. The Balaban J connectivity index is 1.66. The van der Waals surface area contributed by atoms with Crippen LogP contribution in [-0.2, 0) is 9.59 Å². The highest BCUT2D eigenvalue weighted by Crippen LogP contribution is 2.27. The number of amides is 2. The summed E-state index contributed by atoms with van der Waals surface area (Å²) in [6, 6.07) is 11.9. The van der Waals surface area contributed by atoms with Gasteiger partial charge in [0, 0.05) is 18.3 Å². The van der Waals surface area contributed by atoms with Crippen LogP contribution >= 0.6 is 11.8 Å². The highest BCUT2D eigenvalue weighted by molar-refractivity contribution is 8.00. The number of thioether (sulfide) groups is 1. The molecule has 2 aromatic carbocycles. The first-order valence-electron chi connectivity index (χ1n) is 9.22. The van der Waals surface area contributed by atoms with Gasteiger partial charge in [0.15, 0.2) is 5.16 Å². The third-order valence-electron chi connectivity index (χ3n) is 3.97. The predicted octanol–water partition coefficient (Wildman–Crippen LogP) is 4.24. The Hall–Kier alpha value is -3.54. The standard InChI is InChI=1S/C20H18F3N5O3S/c1-12(18(30)26-14-6-8-17(9-7-14)31-20(21,22)23)32-19-27-24-11-28(19)16-5-3-4-15(10-16)25-13(2)29/h3-12H,1-2H3,(H,25,29)(H,26,30). The average molecular weight is 465 g/mol. The van der Waals surface area contributed by atoms with Gasteiger partial charge in [0.2, 0.25) is 11.8 Å². The Bertz CT molecular complexity index is 1100. The van der Waals surface area contributed by atoms with Crippen molar-refractivity contribution in [2.45, 2.75) is 30.6 Å². The van der Waals surface area contributed by atoms with Gasteiger partial charge in [0.25, 0.3) is 0 Å². The molecule has 1 atom stereocenters. The summed E-state index contributed by atoms with van der Waals surface area (Å²) in [5, 5.41) is 13.1. The van der Waals surface area contributed by atoms with Gasteiger partial charge in [-0.1, -0.05) is 17.8 Å². The molecule has 0 radical (unpaired) electrons. The van der Waals surface area contributed by atoms with Crippen molar-refractivity contribution >= 4 is 35.0 Å². The summed E-state index contributed by atoms with van der Waals surface area (Å²) in [6.07, 6.45) is -3.30. The lowest BCUT2D eigenvalue weighted by molar-refractivity contribution is -0.274. The number of carbonyl (C=O) groups excluding carboxylic acids is 2. The minimum atomic E-state index is -4.78. The van der Waals surface area contributed by atoms with E-state index in [0.717, 1.165) is 23.9 Å². The van der Waals surface area contributed by atoms with E-state index in [0.29, 0.717) is 22.2 Å². The molecular formula is C20H18F3N5O3S. The van der Waals surface area contributed by atoms with Crippen molar-refractivity contribution in [2.75, 3.05) is 10.6 Å². The second-order valence-electron chi connectivity index (χ2n) is 6.54. The van der Waals surface area contributed by atoms with E-state index < -0.39 is 11.6 Å². The Kier molecular flexibility index (Phi) is 7.03. The number of halogens is 3. The summed E-state index contributed by atoms with van der Waals surface area (Å²) in [4.78, 5) is 23.8. The summed E-state index contributed by atoms with van der Waals surface area (Å²) in [5.41, 5.74) is 1.61. The lowest BCUT2D eigenvalue weighted by Crippen LogP contribution is -2.23. The molecule has 3 aromatic rings. The van der Waals surface area contributed by atoms with Gasteiger partial charge in [0.05, 0.1) is 10.9 Å². The third-order valence-corrected chi connectivity index (χ3v) is 5.02. The molecule has 1 unspecified atom stereocenters. The molecule has 0 fully saturated rings. The maximum Gasteiger partial charge on any atom is 0.573 e. The van der Waals surface area contributed by atoms with E-state index in [2.05, 4.69) is 25.6 Å². The van der Waals surface area contributed by atoms with Crippen LogP contribution in [0.4, 0.5) is 24.5 Å². The maximum absolute atomic E-state index is 12.5. The smallest absolute Gasteiger partial charge is 0.406 e. The molecule has 0 aliphatic carbocycles. The summed E-state index contributed by atoms with van der Waals surface area (Å²) >= 11 is 1.15. The van der Waals surface area contributed by atoms with Crippen molar-refractivity contribution in [3.63, 3.8) is 0 Å². The molecule has 1 heterocycles. The van der Waals surface area contributed by atoms with Gasteiger partial charge < -0.3 is 15.4 Å². The van der Waals surface area contributed by atoms with Gasteiger partial charge >= 0.3 is 6.36 Å². The molecule has 3 rings (SSSR count). The normalized spacial score (nSPS) is 12.2. The van der Waals surface area contributed by atoms with Crippen LogP contribution in [0.2, 0.25) is 0 Å². The number of anilines is 2. The SMILES string of the molecule is CC(=O)Nc1cccc(-n2cnnc2SC(C)C(=O)Nc2ccc(OC(F)(F)F)cc2)c1. The summed E-state index contributed by atoms with van der Waals surface area (Å²) in [7, 11) is 0. The van der Waals surface area contributed by atoms with Crippen LogP contribution < -0.4 is 15.4 Å². The van der Waals surface area contributed by atoms with Gasteiger partial charge in [0.1, 0.15) is 12.1 Å². The Labute approximate surface area is 185 Å². The molecule has 0 bridgehead atoms. The minimum absolute atomic E-state index is 0.205. The van der Waals surface area contributed by atoms with Gasteiger partial charge in [-0.15, -0.1) is 23.4 Å². The number of aromatic nitrogens is 3. The van der Waals surface area contributed by atoms with Crippen molar-refractivity contribution in [2.24, 2.45) is 0 Å². The summed E-state index contributed by atoms with van der Waals surface area (Å²) in [6.45, 7) is 3.07. The van der Waals surface area contributed by atoms with Gasteiger partial charge in [-0.3, -0.25) is 14.2 Å². The van der Waals surface area contributed by atoms with Crippen molar-refractivity contribution in [3.05, 3.63) is 54.9 Å². The fraction of sp³-hybridized carbons (Fsp3) is 0.200. The van der Waals surface area contributed by atoms with Gasteiger partial charge in [-0.25, -0.2) is 0 Å². The number of hydrogen-bond donors (Lipinski definition) is 2. The van der Waals surface area contributed by atoms with Crippen LogP contribution in [0.5, 0.6) is 5.75 Å². The lowest BCUT2D eigenvalue weighted by atomic mass is 10.2. The molecule has 0 saturated carbocycles. The zero-order chi connectivity index (χ0) is 23.3. The Morgan fingerprint density at radius 2 is 1.81 bits per heavy atom. The predicted molar refractivity (Wildman–Crippen MR) is 113 cm³/mol. The van der Waals surface area contributed by atoms with E-state index in [1.54, 1.807) is 35.8 Å². The molecule has 8 nitrogen and oxygen atoms in total. The molecule has 2 amide bonds. The van der Waals surface area contributed by atoms with Gasteiger partial charge in [-0.05, 0) is 49.4 Å². The molecule has 1 aromatic heterocycles. The minimum Gasteiger partial charge on any atom is -0.406 e. The van der Waals surface area contributed by atoms with Crippen molar-refractivity contribution in [1.82, 2.24) is 14.8 Å². The van der Waals surface area contributed by atoms with Crippen LogP contribution in [0.25, 0.3) is 5.69 Å². The summed E-state index contributed by atoms with van der Waals surface area (Å²) < 4.78 is 42.2. The second kappa shape index (κ2) is 9.73.